The summed E-state index contributed by atoms with van der Waals surface area (Å²) in [5, 5.41) is 4.09. The quantitative estimate of drug-likeness (QED) is 0.328. The van der Waals surface area contributed by atoms with Crippen molar-refractivity contribution in [2.24, 2.45) is 0 Å². The second kappa shape index (κ2) is 12.1. The van der Waals surface area contributed by atoms with Crippen LogP contribution in [-0.2, 0) is 11.2 Å². The average molecular weight is 437 g/mol. The summed E-state index contributed by atoms with van der Waals surface area (Å²) in [4.78, 5) is 34.7. The van der Waals surface area contributed by atoms with Gasteiger partial charge in [0.2, 0.25) is 5.91 Å². The fourth-order valence-electron chi connectivity index (χ4n) is 4.09. The molecule has 0 aliphatic rings. The lowest BCUT2D eigenvalue weighted by Gasteiger charge is -2.28. The minimum absolute atomic E-state index is 0.00222. The fourth-order valence-corrected chi connectivity index (χ4v) is 4.09. The summed E-state index contributed by atoms with van der Waals surface area (Å²) < 4.78 is 0. The molecule has 0 aliphatic carbocycles. The van der Waals surface area contributed by atoms with Gasteiger partial charge in [0, 0.05) is 42.8 Å². The third-order valence-electron chi connectivity index (χ3n) is 5.92. The number of amides is 2. The van der Waals surface area contributed by atoms with Crippen molar-refractivity contribution < 1.29 is 9.59 Å². The van der Waals surface area contributed by atoms with Crippen LogP contribution in [0.25, 0.3) is 10.9 Å². The summed E-state index contributed by atoms with van der Waals surface area (Å²) in [6.07, 6.45) is 10.5. The summed E-state index contributed by atoms with van der Waals surface area (Å²) in [5.74, 6) is -0.252. The first-order valence-electron chi connectivity index (χ1n) is 11.9. The predicted octanol–water partition coefficient (Wildman–Crippen LogP) is 5.05. The van der Waals surface area contributed by atoms with Crippen molar-refractivity contribution in [2.75, 3.05) is 13.1 Å². The lowest BCUT2D eigenvalue weighted by atomic mass is 10.0. The molecule has 3 aromatic rings. The molecule has 6 nitrogen and oxygen atoms in total. The van der Waals surface area contributed by atoms with E-state index in [9.17, 15) is 9.59 Å². The van der Waals surface area contributed by atoms with Crippen molar-refractivity contribution in [2.45, 2.75) is 64.8 Å². The molecule has 0 saturated carbocycles. The van der Waals surface area contributed by atoms with Gasteiger partial charge in [-0.3, -0.25) is 9.59 Å². The van der Waals surface area contributed by atoms with Crippen LogP contribution in [0.3, 0.4) is 0 Å². The Morgan fingerprint density at radius 2 is 1.66 bits per heavy atom. The van der Waals surface area contributed by atoms with Crippen LogP contribution in [0.15, 0.2) is 48.8 Å². The SMILES string of the molecule is CCCCCN(CCCCC)C(=O)[C@@H](Cc1c[nH]c2ccccc12)NC(=O)c1ccc[nH]1. The number of para-hydroxylation sites is 1. The van der Waals surface area contributed by atoms with Crippen molar-refractivity contribution in [3.05, 3.63) is 60.0 Å². The maximum atomic E-state index is 13.7. The Balaban J connectivity index is 1.82. The number of hydrogen-bond acceptors (Lipinski definition) is 2. The van der Waals surface area contributed by atoms with Gasteiger partial charge in [-0.1, -0.05) is 57.7 Å². The molecule has 1 atom stereocenters. The van der Waals surface area contributed by atoms with E-state index in [0.29, 0.717) is 12.1 Å². The van der Waals surface area contributed by atoms with Crippen molar-refractivity contribution in [3.8, 4) is 0 Å². The molecule has 0 aliphatic heterocycles. The van der Waals surface area contributed by atoms with Crippen LogP contribution in [0.4, 0.5) is 0 Å². The number of nitrogens with zero attached hydrogens (tertiary/aromatic N) is 1. The van der Waals surface area contributed by atoms with Gasteiger partial charge in [-0.2, -0.15) is 0 Å². The summed E-state index contributed by atoms with van der Waals surface area (Å²) in [7, 11) is 0. The molecule has 0 bridgehead atoms. The van der Waals surface area contributed by atoms with E-state index in [4.69, 9.17) is 0 Å². The molecular weight excluding hydrogens is 400 g/mol. The normalized spacial score (nSPS) is 12.1. The number of H-pyrrole nitrogens is 2. The van der Waals surface area contributed by atoms with E-state index < -0.39 is 6.04 Å². The second-order valence-corrected chi connectivity index (χ2v) is 8.41. The van der Waals surface area contributed by atoms with Gasteiger partial charge in [-0.05, 0) is 36.6 Å². The highest BCUT2D eigenvalue weighted by molar-refractivity contribution is 5.96. The van der Waals surface area contributed by atoms with Crippen LogP contribution >= 0.6 is 0 Å². The number of carbonyl (C=O) groups is 2. The summed E-state index contributed by atoms with van der Waals surface area (Å²) in [5.41, 5.74) is 2.53. The molecule has 2 amide bonds. The lowest BCUT2D eigenvalue weighted by molar-refractivity contribution is -0.133. The Kier molecular flexibility index (Phi) is 8.96. The molecule has 6 heteroatoms. The number of nitrogens with one attached hydrogen (secondary N) is 3. The highest BCUT2D eigenvalue weighted by Gasteiger charge is 2.27. The standard InChI is InChI=1S/C26H36N4O2/c1-3-5-9-16-30(17-10-6-4-2)26(32)24(29-25(31)23-14-11-15-27-23)18-20-19-28-22-13-8-7-12-21(20)22/h7-8,11-15,19,24,27-28H,3-6,9-10,16-18H2,1-2H3,(H,29,31)/t24-/m1/s1. The highest BCUT2D eigenvalue weighted by atomic mass is 16.2. The minimum Gasteiger partial charge on any atom is -0.361 e. The Labute approximate surface area is 190 Å². The number of hydrogen-bond donors (Lipinski definition) is 3. The maximum absolute atomic E-state index is 13.7. The first-order chi connectivity index (χ1) is 15.6. The van der Waals surface area contributed by atoms with Gasteiger partial charge in [0.25, 0.3) is 5.91 Å². The van der Waals surface area contributed by atoms with E-state index in [1.807, 2.05) is 29.3 Å². The highest BCUT2D eigenvalue weighted by Crippen LogP contribution is 2.20. The van der Waals surface area contributed by atoms with Gasteiger partial charge >= 0.3 is 0 Å². The van der Waals surface area contributed by atoms with Crippen molar-refractivity contribution in [3.63, 3.8) is 0 Å². The van der Waals surface area contributed by atoms with Crippen molar-refractivity contribution in [1.29, 1.82) is 0 Å². The van der Waals surface area contributed by atoms with Crippen LogP contribution in [0.5, 0.6) is 0 Å². The average Bonchev–Trinajstić information content (AvgIpc) is 3.48. The van der Waals surface area contributed by atoms with Crippen LogP contribution in [0, 0.1) is 0 Å². The Hall–Kier alpha value is -3.02. The van der Waals surface area contributed by atoms with E-state index in [1.54, 1.807) is 18.3 Å². The van der Waals surface area contributed by atoms with Gasteiger partial charge in [-0.15, -0.1) is 0 Å². The predicted molar refractivity (Wildman–Crippen MR) is 130 cm³/mol. The van der Waals surface area contributed by atoms with Gasteiger partial charge in [0.05, 0.1) is 0 Å². The van der Waals surface area contributed by atoms with Gasteiger partial charge in [0.1, 0.15) is 11.7 Å². The third-order valence-corrected chi connectivity index (χ3v) is 5.92. The topological polar surface area (TPSA) is 81.0 Å². The van der Waals surface area contributed by atoms with Gasteiger partial charge in [0.15, 0.2) is 0 Å². The largest absolute Gasteiger partial charge is 0.361 e. The zero-order chi connectivity index (χ0) is 22.8. The summed E-state index contributed by atoms with van der Waals surface area (Å²) in [6.45, 7) is 5.80. The zero-order valence-electron chi connectivity index (χ0n) is 19.3. The van der Waals surface area contributed by atoms with E-state index in [2.05, 4.69) is 35.2 Å². The molecule has 3 rings (SSSR count). The second-order valence-electron chi connectivity index (χ2n) is 8.41. The molecule has 32 heavy (non-hydrogen) atoms. The number of fused-ring (bicyclic) bond motifs is 1. The molecular formula is C26H36N4O2. The molecule has 1 aromatic carbocycles. The molecule has 0 saturated heterocycles. The molecule has 2 heterocycles. The molecule has 172 valence electrons. The lowest BCUT2D eigenvalue weighted by Crippen LogP contribution is -2.50. The Morgan fingerprint density at radius 1 is 0.938 bits per heavy atom. The molecule has 3 N–H and O–H groups in total. The van der Waals surface area contributed by atoms with E-state index in [0.717, 1.165) is 68.1 Å². The molecule has 0 radical (unpaired) electrons. The van der Waals surface area contributed by atoms with E-state index in [1.165, 1.54) is 0 Å². The molecule has 0 fully saturated rings. The van der Waals surface area contributed by atoms with Crippen LogP contribution in [-0.4, -0.2) is 45.8 Å². The van der Waals surface area contributed by atoms with Crippen molar-refractivity contribution >= 4 is 22.7 Å². The smallest absolute Gasteiger partial charge is 0.268 e. The number of aromatic nitrogens is 2. The number of carbonyl (C=O) groups excluding carboxylic acids is 2. The number of benzene rings is 1. The van der Waals surface area contributed by atoms with Crippen molar-refractivity contribution in [1.82, 2.24) is 20.2 Å². The fraction of sp³-hybridized carbons (Fsp3) is 0.462. The molecule has 2 aromatic heterocycles. The summed E-state index contributed by atoms with van der Waals surface area (Å²) >= 11 is 0. The zero-order valence-corrected chi connectivity index (χ0v) is 19.3. The molecule has 0 unspecified atom stereocenters. The minimum atomic E-state index is -0.617. The third kappa shape index (κ3) is 6.25. The maximum Gasteiger partial charge on any atom is 0.268 e. The van der Waals surface area contributed by atoms with Crippen LogP contribution < -0.4 is 5.32 Å². The first-order valence-corrected chi connectivity index (χ1v) is 11.9. The van der Waals surface area contributed by atoms with Gasteiger partial charge in [-0.25, -0.2) is 0 Å². The van der Waals surface area contributed by atoms with E-state index >= 15 is 0 Å². The Morgan fingerprint density at radius 3 is 2.31 bits per heavy atom. The summed E-state index contributed by atoms with van der Waals surface area (Å²) in [6, 6.07) is 11.0. The van der Waals surface area contributed by atoms with Gasteiger partial charge < -0.3 is 20.2 Å². The molecule has 0 spiro atoms. The number of unbranched alkanes of at least 4 members (excludes halogenated alkanes) is 4. The van der Waals surface area contributed by atoms with Crippen LogP contribution in [0.2, 0.25) is 0 Å². The number of aromatic amines is 2. The monoisotopic (exact) mass is 436 g/mol. The van der Waals surface area contributed by atoms with Crippen LogP contribution in [0.1, 0.15) is 68.4 Å². The Bertz CT molecular complexity index is 967. The first kappa shape index (κ1) is 23.6. The number of rotatable bonds is 13. The van der Waals surface area contributed by atoms with E-state index in [-0.39, 0.29) is 11.8 Å².